The van der Waals surface area contributed by atoms with E-state index in [1.54, 1.807) is 6.92 Å². The van der Waals surface area contributed by atoms with Gasteiger partial charge in [-0.1, -0.05) is 23.6 Å². The zero-order chi connectivity index (χ0) is 20.8. The predicted molar refractivity (Wildman–Crippen MR) is 107 cm³/mol. The minimum Gasteiger partial charge on any atom is -0.466 e. The summed E-state index contributed by atoms with van der Waals surface area (Å²) in [4.78, 5) is 33.2. The summed E-state index contributed by atoms with van der Waals surface area (Å²) in [6, 6.07) is 7.57. The molecule has 29 heavy (non-hydrogen) atoms. The highest BCUT2D eigenvalue weighted by atomic mass is 16.6. The van der Waals surface area contributed by atoms with Gasteiger partial charge in [-0.25, -0.2) is 9.97 Å². The summed E-state index contributed by atoms with van der Waals surface area (Å²) in [6.07, 6.45) is 2.41. The number of aryl methyl sites for hydroxylation is 1. The fourth-order valence-electron chi connectivity index (χ4n) is 3.22. The van der Waals surface area contributed by atoms with Crippen LogP contribution in [0.4, 0.5) is 11.5 Å². The fourth-order valence-corrected chi connectivity index (χ4v) is 3.22. The van der Waals surface area contributed by atoms with Gasteiger partial charge in [0, 0.05) is 18.7 Å². The van der Waals surface area contributed by atoms with Gasteiger partial charge >= 0.3 is 11.7 Å². The lowest BCUT2D eigenvalue weighted by Crippen LogP contribution is -2.37. The maximum atomic E-state index is 11.9. The smallest absolute Gasteiger partial charge is 0.345 e. The number of hydrogen-bond donors (Lipinski definition) is 0. The lowest BCUT2D eigenvalue weighted by Gasteiger charge is -2.31. The van der Waals surface area contributed by atoms with Gasteiger partial charge in [-0.2, -0.15) is 0 Å². The van der Waals surface area contributed by atoms with Crippen molar-refractivity contribution in [3.8, 4) is 11.8 Å². The summed E-state index contributed by atoms with van der Waals surface area (Å²) in [5, 5.41) is 11.8. The largest absolute Gasteiger partial charge is 0.466 e. The number of hydrogen-bond acceptors (Lipinski definition) is 7. The minimum absolute atomic E-state index is 0.0769. The van der Waals surface area contributed by atoms with E-state index in [1.807, 2.05) is 36.1 Å². The highest BCUT2D eigenvalue weighted by Crippen LogP contribution is 2.31. The molecular weight excluding hydrogens is 372 g/mol. The van der Waals surface area contributed by atoms with Gasteiger partial charge in [-0.3, -0.25) is 14.9 Å². The molecule has 8 nitrogen and oxygen atoms in total. The average Bonchev–Trinajstić information content (AvgIpc) is 2.73. The molecule has 1 aliphatic heterocycles. The van der Waals surface area contributed by atoms with Crippen LogP contribution in [0.2, 0.25) is 0 Å². The Morgan fingerprint density at radius 2 is 1.93 bits per heavy atom. The van der Waals surface area contributed by atoms with Crippen LogP contribution in [0.5, 0.6) is 0 Å². The maximum absolute atomic E-state index is 11.9. The highest BCUT2D eigenvalue weighted by Gasteiger charge is 2.31. The molecule has 1 aromatic heterocycles. The summed E-state index contributed by atoms with van der Waals surface area (Å²) in [6.45, 7) is 5.05. The van der Waals surface area contributed by atoms with Gasteiger partial charge < -0.3 is 9.64 Å². The van der Waals surface area contributed by atoms with Crippen molar-refractivity contribution < 1.29 is 14.5 Å². The predicted octanol–water partition coefficient (Wildman–Crippen LogP) is 2.87. The fraction of sp³-hybridized carbons (Fsp3) is 0.381. The maximum Gasteiger partial charge on any atom is 0.345 e. The Kier molecular flexibility index (Phi) is 6.39. The van der Waals surface area contributed by atoms with E-state index in [0.29, 0.717) is 32.5 Å². The zero-order valence-electron chi connectivity index (χ0n) is 16.4. The first-order valence-corrected chi connectivity index (χ1v) is 9.49. The molecule has 8 heteroatoms. The molecule has 0 radical (unpaired) electrons. The van der Waals surface area contributed by atoms with E-state index in [1.165, 1.54) is 6.33 Å². The van der Waals surface area contributed by atoms with Crippen molar-refractivity contribution in [3.63, 3.8) is 0 Å². The normalized spacial score (nSPS) is 14.1. The van der Waals surface area contributed by atoms with Gasteiger partial charge in [0.05, 0.1) is 17.4 Å². The molecule has 2 heterocycles. The molecule has 1 fully saturated rings. The quantitative estimate of drug-likeness (QED) is 0.340. The molecule has 0 unspecified atom stereocenters. The number of carbonyl (C=O) groups excluding carboxylic acids is 1. The Hall–Kier alpha value is -3.47. The number of nitro groups is 1. The van der Waals surface area contributed by atoms with Crippen molar-refractivity contribution >= 4 is 17.5 Å². The van der Waals surface area contributed by atoms with Gasteiger partial charge in [0.1, 0.15) is 6.33 Å². The topological polar surface area (TPSA) is 98.5 Å². The summed E-state index contributed by atoms with van der Waals surface area (Å²) in [7, 11) is 0. The van der Waals surface area contributed by atoms with Gasteiger partial charge in [0.2, 0.25) is 5.82 Å². The van der Waals surface area contributed by atoms with Crippen LogP contribution >= 0.6 is 0 Å². The Balaban J connectivity index is 1.84. The molecule has 0 spiro atoms. The SMILES string of the molecule is CCOC(=O)C1CCN(c2ncnc(C#Cc3ccc(C)cc3)c2[N+](=O)[O-])CC1. The van der Waals surface area contributed by atoms with Crippen molar-refractivity contribution in [2.75, 3.05) is 24.6 Å². The zero-order valence-corrected chi connectivity index (χ0v) is 16.4. The number of piperidine rings is 1. The van der Waals surface area contributed by atoms with Crippen LogP contribution < -0.4 is 4.90 Å². The number of rotatable bonds is 4. The highest BCUT2D eigenvalue weighted by molar-refractivity contribution is 5.73. The van der Waals surface area contributed by atoms with Crippen molar-refractivity contribution in [1.29, 1.82) is 0 Å². The van der Waals surface area contributed by atoms with Gasteiger partial charge in [-0.15, -0.1) is 0 Å². The molecule has 0 amide bonds. The third-order valence-electron chi connectivity index (χ3n) is 4.78. The minimum atomic E-state index is -0.494. The van der Waals surface area contributed by atoms with E-state index in [9.17, 15) is 14.9 Å². The first-order chi connectivity index (χ1) is 14.0. The van der Waals surface area contributed by atoms with Crippen molar-refractivity contribution in [2.45, 2.75) is 26.7 Å². The van der Waals surface area contributed by atoms with Crippen molar-refractivity contribution in [3.05, 3.63) is 57.5 Å². The van der Waals surface area contributed by atoms with Crippen LogP contribution in [0.1, 0.15) is 36.6 Å². The molecule has 0 bridgehead atoms. The molecule has 0 atom stereocenters. The first kappa shape index (κ1) is 20.3. The molecule has 1 saturated heterocycles. The summed E-state index contributed by atoms with van der Waals surface area (Å²) in [5.74, 6) is 5.57. The molecule has 150 valence electrons. The molecular formula is C21H22N4O4. The van der Waals surface area contributed by atoms with E-state index >= 15 is 0 Å². The number of carbonyl (C=O) groups is 1. The standard InChI is InChI=1S/C21H22N4O4/c1-3-29-21(26)17-10-12-24(13-11-17)20-19(25(27)28)18(22-14-23-20)9-8-16-6-4-15(2)5-7-16/h4-7,14,17H,3,10-13H2,1-2H3. The van der Waals surface area contributed by atoms with E-state index in [-0.39, 0.29) is 29.1 Å². The van der Waals surface area contributed by atoms with Crippen LogP contribution in [0, 0.1) is 34.8 Å². The van der Waals surface area contributed by atoms with Crippen molar-refractivity contribution in [2.24, 2.45) is 5.92 Å². The monoisotopic (exact) mass is 394 g/mol. The lowest BCUT2D eigenvalue weighted by molar-refractivity contribution is -0.384. The van der Waals surface area contributed by atoms with Gasteiger partial charge in [-0.05, 0) is 44.7 Å². The number of benzene rings is 1. The second kappa shape index (κ2) is 9.15. The first-order valence-electron chi connectivity index (χ1n) is 9.49. The van der Waals surface area contributed by atoms with E-state index < -0.39 is 4.92 Å². The van der Waals surface area contributed by atoms with Crippen LogP contribution in [0.25, 0.3) is 0 Å². The molecule has 2 aromatic rings. The molecule has 1 aromatic carbocycles. The van der Waals surface area contributed by atoms with Gasteiger partial charge in [0.15, 0.2) is 5.69 Å². The number of esters is 1. The molecule has 0 N–H and O–H groups in total. The van der Waals surface area contributed by atoms with E-state index in [2.05, 4.69) is 21.8 Å². The molecule has 1 aliphatic rings. The molecule has 3 rings (SSSR count). The van der Waals surface area contributed by atoms with Crippen LogP contribution in [0.3, 0.4) is 0 Å². The second-order valence-electron chi connectivity index (χ2n) is 6.78. The number of aromatic nitrogens is 2. The van der Waals surface area contributed by atoms with Crippen LogP contribution in [0.15, 0.2) is 30.6 Å². The Bertz CT molecular complexity index is 955. The third-order valence-corrected chi connectivity index (χ3v) is 4.78. The van der Waals surface area contributed by atoms with Crippen LogP contribution in [-0.4, -0.2) is 40.6 Å². The summed E-state index contributed by atoms with van der Waals surface area (Å²) in [5.41, 5.74) is 1.73. The Labute approximate surface area is 169 Å². The molecule has 0 saturated carbocycles. The van der Waals surface area contributed by atoms with Crippen LogP contribution in [-0.2, 0) is 9.53 Å². The number of anilines is 1. The summed E-state index contributed by atoms with van der Waals surface area (Å²) >= 11 is 0. The average molecular weight is 394 g/mol. The van der Waals surface area contributed by atoms with Gasteiger partial charge in [0.25, 0.3) is 0 Å². The van der Waals surface area contributed by atoms with E-state index in [0.717, 1.165) is 11.1 Å². The molecule has 0 aliphatic carbocycles. The number of nitrogens with zero attached hydrogens (tertiary/aromatic N) is 4. The van der Waals surface area contributed by atoms with Crippen molar-refractivity contribution in [1.82, 2.24) is 9.97 Å². The lowest BCUT2D eigenvalue weighted by atomic mass is 9.97. The van der Waals surface area contributed by atoms with E-state index in [4.69, 9.17) is 4.74 Å². The Morgan fingerprint density at radius 3 is 2.55 bits per heavy atom. The third kappa shape index (κ3) is 4.88. The Morgan fingerprint density at radius 1 is 1.24 bits per heavy atom. The number of ether oxygens (including phenoxy) is 1. The summed E-state index contributed by atoms with van der Waals surface area (Å²) < 4.78 is 5.08. The second-order valence-corrected chi connectivity index (χ2v) is 6.78.